The summed E-state index contributed by atoms with van der Waals surface area (Å²) in [5.41, 5.74) is 3.70. The molecule has 154 valence electrons. The Kier molecular flexibility index (Phi) is 5.85. The summed E-state index contributed by atoms with van der Waals surface area (Å²) in [6.07, 6.45) is 2.21. The molecule has 8 heteroatoms. The number of carbonyl (C=O) groups is 2. The fraction of sp³-hybridized carbons (Fsp3) is 0.273. The van der Waals surface area contributed by atoms with Gasteiger partial charge in [0.2, 0.25) is 5.91 Å². The standard InChI is InChI=1S/C22H23N5O2S/c1-14-8-11-18(15(2)12-14)23-21(29)24-19(28)13-30-22-26-25-20(16-9-10-16)27(22)17-6-4-3-5-7-17/h3-8,11-12,16H,9-10,13H2,1-2H3,(H2,23,24,28,29). The molecule has 0 unspecified atom stereocenters. The van der Waals surface area contributed by atoms with Gasteiger partial charge in [-0.2, -0.15) is 0 Å². The predicted molar refractivity (Wildman–Crippen MR) is 117 cm³/mol. The first-order valence-electron chi connectivity index (χ1n) is 9.83. The molecule has 1 aliphatic rings. The SMILES string of the molecule is Cc1ccc(NC(=O)NC(=O)CSc2nnc(C3CC3)n2-c2ccccc2)c(C)c1. The first-order chi connectivity index (χ1) is 14.5. The van der Waals surface area contributed by atoms with Crippen LogP contribution in [0.15, 0.2) is 53.7 Å². The van der Waals surface area contributed by atoms with Crippen LogP contribution < -0.4 is 10.6 Å². The molecule has 0 spiro atoms. The lowest BCUT2D eigenvalue weighted by Gasteiger charge is -2.11. The zero-order chi connectivity index (χ0) is 21.1. The van der Waals surface area contributed by atoms with Gasteiger partial charge in [0, 0.05) is 17.3 Å². The molecule has 0 atom stereocenters. The Morgan fingerprint density at radius 2 is 1.87 bits per heavy atom. The van der Waals surface area contributed by atoms with E-state index in [9.17, 15) is 9.59 Å². The molecule has 7 nitrogen and oxygen atoms in total. The number of anilines is 1. The first kappa shape index (κ1) is 20.2. The van der Waals surface area contributed by atoms with E-state index >= 15 is 0 Å². The number of imide groups is 1. The molecule has 1 saturated carbocycles. The van der Waals surface area contributed by atoms with Gasteiger partial charge < -0.3 is 5.32 Å². The van der Waals surface area contributed by atoms with Crippen molar-refractivity contribution in [2.75, 3.05) is 11.1 Å². The number of aromatic nitrogens is 3. The molecule has 0 aliphatic heterocycles. The maximum Gasteiger partial charge on any atom is 0.325 e. The number of rotatable bonds is 6. The molecule has 30 heavy (non-hydrogen) atoms. The fourth-order valence-electron chi connectivity index (χ4n) is 3.20. The Hall–Kier alpha value is -3.13. The number of nitrogens with zero attached hydrogens (tertiary/aromatic N) is 3. The number of urea groups is 1. The van der Waals surface area contributed by atoms with Crippen molar-refractivity contribution in [1.82, 2.24) is 20.1 Å². The van der Waals surface area contributed by atoms with Gasteiger partial charge >= 0.3 is 6.03 Å². The van der Waals surface area contributed by atoms with Crippen LogP contribution in [0.4, 0.5) is 10.5 Å². The second-order valence-electron chi connectivity index (χ2n) is 7.40. The van der Waals surface area contributed by atoms with Crippen molar-refractivity contribution in [1.29, 1.82) is 0 Å². The van der Waals surface area contributed by atoms with E-state index in [4.69, 9.17) is 0 Å². The van der Waals surface area contributed by atoms with Crippen molar-refractivity contribution in [2.24, 2.45) is 0 Å². The minimum Gasteiger partial charge on any atom is -0.307 e. The largest absolute Gasteiger partial charge is 0.325 e. The van der Waals surface area contributed by atoms with Crippen LogP contribution in [0.5, 0.6) is 0 Å². The lowest BCUT2D eigenvalue weighted by Crippen LogP contribution is -2.35. The van der Waals surface area contributed by atoms with E-state index in [1.807, 2.05) is 66.9 Å². The molecule has 1 aromatic heterocycles. The van der Waals surface area contributed by atoms with Crippen molar-refractivity contribution in [3.8, 4) is 5.69 Å². The summed E-state index contributed by atoms with van der Waals surface area (Å²) < 4.78 is 2.01. The van der Waals surface area contributed by atoms with Gasteiger partial charge in [0.25, 0.3) is 0 Å². The third-order valence-corrected chi connectivity index (χ3v) is 5.76. The number of hydrogen-bond donors (Lipinski definition) is 2. The number of amides is 3. The van der Waals surface area contributed by atoms with Crippen molar-refractivity contribution in [3.63, 3.8) is 0 Å². The topological polar surface area (TPSA) is 88.9 Å². The minimum atomic E-state index is -0.546. The number of thioether (sulfide) groups is 1. The highest BCUT2D eigenvalue weighted by atomic mass is 32.2. The van der Waals surface area contributed by atoms with Gasteiger partial charge in [0.05, 0.1) is 5.75 Å². The van der Waals surface area contributed by atoms with Gasteiger partial charge in [0.1, 0.15) is 5.82 Å². The molecule has 1 heterocycles. The van der Waals surface area contributed by atoms with Crippen LogP contribution in [-0.2, 0) is 4.79 Å². The molecule has 2 aromatic carbocycles. The van der Waals surface area contributed by atoms with E-state index in [-0.39, 0.29) is 5.75 Å². The maximum absolute atomic E-state index is 12.3. The summed E-state index contributed by atoms with van der Waals surface area (Å²) in [5, 5.41) is 14.4. The van der Waals surface area contributed by atoms with Crippen LogP contribution in [0.2, 0.25) is 0 Å². The van der Waals surface area contributed by atoms with Gasteiger partial charge in [-0.05, 0) is 50.5 Å². The molecular formula is C22H23N5O2S. The number of carbonyl (C=O) groups excluding carboxylic acids is 2. The Balaban J connectivity index is 1.39. The van der Waals surface area contributed by atoms with Crippen LogP contribution in [0.25, 0.3) is 5.69 Å². The van der Waals surface area contributed by atoms with Gasteiger partial charge in [-0.15, -0.1) is 10.2 Å². The summed E-state index contributed by atoms with van der Waals surface area (Å²) in [5.74, 6) is 1.02. The number of aryl methyl sites for hydroxylation is 2. The lowest BCUT2D eigenvalue weighted by molar-refractivity contribution is -0.117. The summed E-state index contributed by atoms with van der Waals surface area (Å²) in [6.45, 7) is 3.90. The Morgan fingerprint density at radius 3 is 2.57 bits per heavy atom. The second kappa shape index (κ2) is 8.71. The van der Waals surface area contributed by atoms with Crippen LogP contribution in [0.3, 0.4) is 0 Å². The van der Waals surface area contributed by atoms with E-state index in [1.165, 1.54) is 11.8 Å². The highest BCUT2D eigenvalue weighted by Gasteiger charge is 2.31. The third kappa shape index (κ3) is 4.71. The summed E-state index contributed by atoms with van der Waals surface area (Å²) in [4.78, 5) is 24.5. The van der Waals surface area contributed by atoms with Crippen LogP contribution in [0.1, 0.15) is 35.7 Å². The van der Waals surface area contributed by atoms with Crippen molar-refractivity contribution in [2.45, 2.75) is 37.8 Å². The van der Waals surface area contributed by atoms with Gasteiger partial charge in [-0.1, -0.05) is 47.7 Å². The monoisotopic (exact) mass is 421 g/mol. The first-order valence-corrected chi connectivity index (χ1v) is 10.8. The minimum absolute atomic E-state index is 0.0654. The van der Waals surface area contributed by atoms with Gasteiger partial charge in [-0.25, -0.2) is 4.79 Å². The molecule has 0 radical (unpaired) electrons. The fourth-order valence-corrected chi connectivity index (χ4v) is 3.96. The zero-order valence-electron chi connectivity index (χ0n) is 16.9. The normalized spacial score (nSPS) is 13.1. The van der Waals surface area contributed by atoms with Crippen LogP contribution in [0, 0.1) is 13.8 Å². The molecule has 4 rings (SSSR count). The van der Waals surface area contributed by atoms with E-state index in [0.29, 0.717) is 16.8 Å². The van der Waals surface area contributed by atoms with Crippen molar-refractivity contribution < 1.29 is 9.59 Å². The quantitative estimate of drug-likeness (QED) is 0.582. The van der Waals surface area contributed by atoms with E-state index < -0.39 is 11.9 Å². The number of hydrogen-bond acceptors (Lipinski definition) is 5. The highest BCUT2D eigenvalue weighted by Crippen LogP contribution is 2.41. The Morgan fingerprint density at radius 1 is 1.10 bits per heavy atom. The van der Waals surface area contributed by atoms with E-state index in [1.54, 1.807) is 0 Å². The van der Waals surface area contributed by atoms with Crippen molar-refractivity contribution in [3.05, 3.63) is 65.5 Å². The Bertz CT molecular complexity index is 1080. The summed E-state index contributed by atoms with van der Waals surface area (Å²) in [7, 11) is 0. The average Bonchev–Trinajstić information content (AvgIpc) is 3.48. The molecule has 0 saturated heterocycles. The van der Waals surface area contributed by atoms with Gasteiger partial charge in [-0.3, -0.25) is 14.7 Å². The predicted octanol–water partition coefficient (Wildman–Crippen LogP) is 4.20. The summed E-state index contributed by atoms with van der Waals surface area (Å²) in [6, 6.07) is 15.0. The smallest absolute Gasteiger partial charge is 0.307 e. The zero-order valence-corrected chi connectivity index (χ0v) is 17.7. The van der Waals surface area contributed by atoms with Crippen molar-refractivity contribution >= 4 is 29.4 Å². The molecule has 3 amide bonds. The molecule has 2 N–H and O–H groups in total. The van der Waals surface area contributed by atoms with Gasteiger partial charge in [0.15, 0.2) is 5.16 Å². The number of nitrogens with one attached hydrogen (secondary N) is 2. The Labute approximate surface area is 179 Å². The molecule has 0 bridgehead atoms. The van der Waals surface area contributed by atoms with E-state index in [2.05, 4.69) is 20.8 Å². The second-order valence-corrected chi connectivity index (χ2v) is 8.34. The van der Waals surface area contributed by atoms with Crippen LogP contribution >= 0.6 is 11.8 Å². The maximum atomic E-state index is 12.3. The molecule has 3 aromatic rings. The van der Waals surface area contributed by atoms with Crippen LogP contribution in [-0.4, -0.2) is 32.5 Å². The molecule has 1 fully saturated rings. The average molecular weight is 422 g/mol. The lowest BCUT2D eigenvalue weighted by atomic mass is 10.1. The number of para-hydroxylation sites is 1. The highest BCUT2D eigenvalue weighted by molar-refractivity contribution is 7.99. The molecule has 1 aliphatic carbocycles. The van der Waals surface area contributed by atoms with E-state index in [0.717, 1.165) is 35.5 Å². The number of benzene rings is 2. The molecular weight excluding hydrogens is 398 g/mol. The summed E-state index contributed by atoms with van der Waals surface area (Å²) >= 11 is 1.27. The third-order valence-electron chi connectivity index (χ3n) is 4.83.